The van der Waals surface area contributed by atoms with E-state index in [0.717, 1.165) is 63.7 Å². The molecule has 6 heteroatoms. The van der Waals surface area contributed by atoms with Crippen molar-refractivity contribution in [2.75, 3.05) is 26.2 Å². The van der Waals surface area contributed by atoms with Crippen LogP contribution in [0.4, 0.5) is 0 Å². The summed E-state index contributed by atoms with van der Waals surface area (Å²) < 4.78 is 7.72. The third-order valence-corrected chi connectivity index (χ3v) is 5.16. The zero-order chi connectivity index (χ0) is 17.1. The predicted molar refractivity (Wildman–Crippen MR) is 93.8 cm³/mol. The molecule has 0 atom stereocenters. The van der Waals surface area contributed by atoms with E-state index in [4.69, 9.17) is 4.52 Å². The van der Waals surface area contributed by atoms with E-state index in [2.05, 4.69) is 44.6 Å². The Morgan fingerprint density at radius 1 is 1.17 bits per heavy atom. The number of rotatable bonds is 6. The Balaban J connectivity index is 1.68. The second-order valence-electron chi connectivity index (χ2n) is 6.61. The van der Waals surface area contributed by atoms with Gasteiger partial charge in [-0.3, -0.25) is 9.80 Å². The fourth-order valence-corrected chi connectivity index (χ4v) is 3.45. The number of hydrogen-bond donors (Lipinski definition) is 0. The van der Waals surface area contributed by atoms with Gasteiger partial charge in [-0.05, 0) is 26.9 Å². The summed E-state index contributed by atoms with van der Waals surface area (Å²) in [5.74, 6) is 2.16. The number of aromatic nitrogens is 3. The number of aryl methyl sites for hydroxylation is 2. The highest BCUT2D eigenvalue weighted by atomic mass is 16.5. The van der Waals surface area contributed by atoms with Gasteiger partial charge in [0.2, 0.25) is 0 Å². The van der Waals surface area contributed by atoms with Crippen LogP contribution in [0.5, 0.6) is 0 Å². The van der Waals surface area contributed by atoms with E-state index in [-0.39, 0.29) is 0 Å². The molecule has 2 aromatic rings. The Morgan fingerprint density at radius 3 is 2.62 bits per heavy atom. The molecule has 1 aliphatic rings. The van der Waals surface area contributed by atoms with Gasteiger partial charge >= 0.3 is 0 Å². The number of imidazole rings is 1. The molecule has 0 unspecified atom stereocenters. The first-order valence-corrected chi connectivity index (χ1v) is 9.02. The summed E-state index contributed by atoms with van der Waals surface area (Å²) in [7, 11) is 0. The monoisotopic (exact) mass is 331 g/mol. The minimum absolute atomic E-state index is 0.914. The van der Waals surface area contributed by atoms with Gasteiger partial charge < -0.3 is 9.09 Å². The lowest BCUT2D eigenvalue weighted by atomic mass is 10.2. The minimum atomic E-state index is 0.914. The second kappa shape index (κ2) is 7.49. The van der Waals surface area contributed by atoms with Crippen molar-refractivity contribution in [2.45, 2.75) is 53.8 Å². The minimum Gasteiger partial charge on any atom is -0.361 e. The lowest BCUT2D eigenvalue weighted by Gasteiger charge is -2.21. The summed E-state index contributed by atoms with van der Waals surface area (Å²) in [6, 6.07) is 0. The Morgan fingerprint density at radius 2 is 1.96 bits per heavy atom. The molecule has 0 aromatic carbocycles. The fourth-order valence-electron chi connectivity index (χ4n) is 3.45. The predicted octanol–water partition coefficient (Wildman–Crippen LogP) is 2.39. The maximum atomic E-state index is 5.30. The number of hydrogen-bond acceptors (Lipinski definition) is 5. The molecule has 0 aliphatic carbocycles. The van der Waals surface area contributed by atoms with E-state index >= 15 is 0 Å². The van der Waals surface area contributed by atoms with E-state index in [1.165, 1.54) is 17.1 Å². The van der Waals surface area contributed by atoms with E-state index in [0.29, 0.717) is 0 Å². The molecule has 0 amide bonds. The van der Waals surface area contributed by atoms with Crippen molar-refractivity contribution < 1.29 is 4.52 Å². The van der Waals surface area contributed by atoms with E-state index in [9.17, 15) is 0 Å². The van der Waals surface area contributed by atoms with Crippen molar-refractivity contribution >= 4 is 0 Å². The van der Waals surface area contributed by atoms with E-state index in [1.807, 2.05) is 13.8 Å². The summed E-state index contributed by atoms with van der Waals surface area (Å²) in [5.41, 5.74) is 3.59. The molecular weight excluding hydrogens is 302 g/mol. The zero-order valence-corrected chi connectivity index (χ0v) is 15.4. The fraction of sp³-hybridized carbons (Fsp3) is 0.667. The van der Waals surface area contributed by atoms with Crippen molar-refractivity contribution in [1.82, 2.24) is 24.5 Å². The molecule has 1 aliphatic heterocycles. The number of fused-ring (bicyclic) bond motifs is 1. The van der Waals surface area contributed by atoms with Crippen LogP contribution in [-0.2, 0) is 26.1 Å². The Bertz CT molecular complexity index is 652. The van der Waals surface area contributed by atoms with Gasteiger partial charge in [-0.15, -0.1) is 0 Å². The molecule has 3 rings (SSSR count). The molecule has 0 fully saturated rings. The lowest BCUT2D eigenvalue weighted by Crippen LogP contribution is -2.28. The standard InChI is InChI=1S/C18H29N5O/c1-5-21(6-2)12-16-11-19-18-7-8-22(9-10-23(16)18)13-17-14(3)20-24-15(17)4/h11H,5-10,12-13H2,1-4H3. The molecule has 3 heterocycles. The molecule has 0 N–H and O–H groups in total. The van der Waals surface area contributed by atoms with Crippen LogP contribution >= 0.6 is 0 Å². The molecule has 24 heavy (non-hydrogen) atoms. The van der Waals surface area contributed by atoms with Gasteiger partial charge in [0.1, 0.15) is 11.6 Å². The zero-order valence-electron chi connectivity index (χ0n) is 15.4. The molecule has 2 aromatic heterocycles. The van der Waals surface area contributed by atoms with Gasteiger partial charge in [0, 0.05) is 50.9 Å². The van der Waals surface area contributed by atoms with Crippen molar-refractivity contribution in [3.63, 3.8) is 0 Å². The first kappa shape index (κ1) is 17.2. The van der Waals surface area contributed by atoms with Crippen molar-refractivity contribution in [1.29, 1.82) is 0 Å². The summed E-state index contributed by atoms with van der Waals surface area (Å²) in [4.78, 5) is 9.61. The molecule has 6 nitrogen and oxygen atoms in total. The Labute approximate surface area is 144 Å². The second-order valence-corrected chi connectivity index (χ2v) is 6.61. The maximum absolute atomic E-state index is 5.30. The van der Waals surface area contributed by atoms with Crippen molar-refractivity contribution in [3.05, 3.63) is 34.7 Å². The normalized spacial score (nSPS) is 15.7. The third-order valence-electron chi connectivity index (χ3n) is 5.16. The third kappa shape index (κ3) is 3.54. The first-order chi connectivity index (χ1) is 11.6. The lowest BCUT2D eigenvalue weighted by molar-refractivity contribution is 0.263. The van der Waals surface area contributed by atoms with Crippen LogP contribution in [-0.4, -0.2) is 50.7 Å². The summed E-state index contributed by atoms with van der Waals surface area (Å²) in [5, 5.41) is 4.08. The molecule has 0 bridgehead atoms. The topological polar surface area (TPSA) is 50.3 Å². The van der Waals surface area contributed by atoms with Gasteiger partial charge in [0.25, 0.3) is 0 Å². The molecule has 0 saturated heterocycles. The Kier molecular flexibility index (Phi) is 5.36. The smallest absolute Gasteiger partial charge is 0.138 e. The first-order valence-electron chi connectivity index (χ1n) is 9.02. The van der Waals surface area contributed by atoms with E-state index in [1.54, 1.807) is 0 Å². The highest BCUT2D eigenvalue weighted by Gasteiger charge is 2.20. The van der Waals surface area contributed by atoms with Crippen LogP contribution < -0.4 is 0 Å². The molecule has 132 valence electrons. The van der Waals surface area contributed by atoms with Crippen LogP contribution in [0.15, 0.2) is 10.7 Å². The summed E-state index contributed by atoms with van der Waals surface area (Å²) in [6.07, 6.45) is 3.07. The highest BCUT2D eigenvalue weighted by molar-refractivity contribution is 5.20. The average molecular weight is 331 g/mol. The SMILES string of the molecule is CCN(CC)Cc1cnc2n1CCN(Cc1c(C)noc1C)CC2. The quantitative estimate of drug-likeness (QED) is 0.813. The average Bonchev–Trinajstić information content (AvgIpc) is 3.04. The van der Waals surface area contributed by atoms with Crippen LogP contribution in [0.1, 0.15) is 42.4 Å². The van der Waals surface area contributed by atoms with E-state index < -0.39 is 0 Å². The van der Waals surface area contributed by atoms with Crippen LogP contribution in [0.25, 0.3) is 0 Å². The van der Waals surface area contributed by atoms with Gasteiger partial charge in [-0.2, -0.15) is 0 Å². The summed E-state index contributed by atoms with van der Waals surface area (Å²) >= 11 is 0. The van der Waals surface area contributed by atoms with Gasteiger partial charge in [0.15, 0.2) is 0 Å². The molecular formula is C18H29N5O. The van der Waals surface area contributed by atoms with Gasteiger partial charge in [0.05, 0.1) is 11.4 Å². The maximum Gasteiger partial charge on any atom is 0.138 e. The highest BCUT2D eigenvalue weighted by Crippen LogP contribution is 2.18. The largest absolute Gasteiger partial charge is 0.361 e. The van der Waals surface area contributed by atoms with Crippen molar-refractivity contribution in [2.24, 2.45) is 0 Å². The summed E-state index contributed by atoms with van der Waals surface area (Å²) in [6.45, 7) is 15.6. The molecule has 0 spiro atoms. The molecule has 0 radical (unpaired) electrons. The van der Waals surface area contributed by atoms with Crippen LogP contribution in [0.2, 0.25) is 0 Å². The number of nitrogens with zero attached hydrogens (tertiary/aromatic N) is 5. The Hall–Kier alpha value is -1.66. The van der Waals surface area contributed by atoms with Crippen molar-refractivity contribution in [3.8, 4) is 0 Å². The molecule has 0 saturated carbocycles. The van der Waals surface area contributed by atoms with Crippen LogP contribution in [0.3, 0.4) is 0 Å². The van der Waals surface area contributed by atoms with Gasteiger partial charge in [-0.25, -0.2) is 4.98 Å². The van der Waals surface area contributed by atoms with Gasteiger partial charge in [-0.1, -0.05) is 19.0 Å². The van der Waals surface area contributed by atoms with Crippen LogP contribution in [0, 0.1) is 13.8 Å².